The van der Waals surface area contributed by atoms with Gasteiger partial charge in [-0.2, -0.15) is 0 Å². The monoisotopic (exact) mass is 380 g/mol. The molecule has 3 aromatic rings. The topological polar surface area (TPSA) is 87.5 Å². The molecule has 8 nitrogen and oxygen atoms in total. The normalized spacial score (nSPS) is 12.9. The number of ether oxygens (including phenoxy) is 3. The summed E-state index contributed by atoms with van der Waals surface area (Å²) in [5.41, 5.74) is 2.23. The molecule has 1 aromatic heterocycles. The van der Waals surface area contributed by atoms with Gasteiger partial charge in [0.2, 0.25) is 0 Å². The van der Waals surface area contributed by atoms with Gasteiger partial charge in [-0.25, -0.2) is 4.68 Å². The van der Waals surface area contributed by atoms with Gasteiger partial charge in [0.15, 0.2) is 17.2 Å². The molecule has 0 bridgehead atoms. The van der Waals surface area contributed by atoms with Crippen LogP contribution in [0.1, 0.15) is 22.6 Å². The third-order valence-corrected chi connectivity index (χ3v) is 4.41. The Kier molecular flexibility index (Phi) is 4.84. The second kappa shape index (κ2) is 7.59. The maximum absolute atomic E-state index is 12.7. The molecule has 28 heavy (non-hydrogen) atoms. The van der Waals surface area contributed by atoms with E-state index in [1.807, 2.05) is 24.3 Å². The maximum Gasteiger partial charge on any atom is 0.278 e. The molecule has 0 atom stereocenters. The molecule has 8 heteroatoms. The average molecular weight is 380 g/mol. The highest BCUT2D eigenvalue weighted by Gasteiger charge is 2.19. The molecular formula is C20H20N4O4. The highest BCUT2D eigenvalue weighted by atomic mass is 16.5. The fourth-order valence-electron chi connectivity index (χ4n) is 2.96. The smallest absolute Gasteiger partial charge is 0.278 e. The second-order valence-corrected chi connectivity index (χ2v) is 6.30. The van der Waals surface area contributed by atoms with Crippen LogP contribution in [0.15, 0.2) is 42.5 Å². The number of benzene rings is 2. The van der Waals surface area contributed by atoms with Crippen molar-refractivity contribution in [2.24, 2.45) is 0 Å². The quantitative estimate of drug-likeness (QED) is 0.749. The molecule has 1 aliphatic rings. The van der Waals surface area contributed by atoms with Crippen molar-refractivity contribution in [3.05, 3.63) is 53.9 Å². The Morgan fingerprint density at radius 1 is 1.14 bits per heavy atom. The minimum atomic E-state index is -0.346. The van der Waals surface area contributed by atoms with Gasteiger partial charge in [-0.3, -0.25) is 4.79 Å². The van der Waals surface area contributed by atoms with Crippen molar-refractivity contribution in [3.8, 4) is 22.9 Å². The minimum absolute atomic E-state index is 0.245. The van der Waals surface area contributed by atoms with Gasteiger partial charge >= 0.3 is 0 Å². The van der Waals surface area contributed by atoms with Gasteiger partial charge in [-0.15, -0.1) is 5.10 Å². The van der Waals surface area contributed by atoms with Crippen molar-refractivity contribution in [3.63, 3.8) is 0 Å². The number of aromatic nitrogens is 3. The van der Waals surface area contributed by atoms with Gasteiger partial charge in [0.1, 0.15) is 5.75 Å². The summed E-state index contributed by atoms with van der Waals surface area (Å²) in [7, 11) is 1.60. The number of methoxy groups -OCH3 is 1. The summed E-state index contributed by atoms with van der Waals surface area (Å²) in [4.78, 5) is 12.7. The summed E-state index contributed by atoms with van der Waals surface area (Å²) in [5, 5.41) is 11.0. The lowest BCUT2D eigenvalue weighted by atomic mass is 10.2. The zero-order chi connectivity index (χ0) is 19.5. The van der Waals surface area contributed by atoms with Gasteiger partial charge < -0.3 is 19.5 Å². The first-order valence-electron chi connectivity index (χ1n) is 8.93. The van der Waals surface area contributed by atoms with E-state index in [-0.39, 0.29) is 11.6 Å². The molecule has 0 spiro atoms. The van der Waals surface area contributed by atoms with Crippen LogP contribution < -0.4 is 19.5 Å². The van der Waals surface area contributed by atoms with E-state index in [2.05, 4.69) is 15.6 Å². The molecule has 1 aliphatic heterocycles. The van der Waals surface area contributed by atoms with Crippen LogP contribution in [-0.4, -0.2) is 41.2 Å². The molecule has 4 rings (SSSR count). The second-order valence-electron chi connectivity index (χ2n) is 6.30. The minimum Gasteiger partial charge on any atom is -0.497 e. The predicted octanol–water partition coefficient (Wildman–Crippen LogP) is 3.00. The maximum atomic E-state index is 12.7. The molecule has 0 saturated carbocycles. The van der Waals surface area contributed by atoms with Crippen molar-refractivity contribution in [2.75, 3.05) is 25.6 Å². The number of carbonyl (C=O) groups is 1. The lowest BCUT2D eigenvalue weighted by molar-refractivity contribution is 0.102. The molecule has 144 valence electrons. The Bertz CT molecular complexity index is 1020. The number of hydrogen-bond acceptors (Lipinski definition) is 6. The lowest BCUT2D eigenvalue weighted by Crippen LogP contribution is -2.14. The van der Waals surface area contributed by atoms with E-state index in [0.29, 0.717) is 41.8 Å². The summed E-state index contributed by atoms with van der Waals surface area (Å²) < 4.78 is 18.1. The van der Waals surface area contributed by atoms with Gasteiger partial charge in [0.25, 0.3) is 5.91 Å². The molecule has 0 radical (unpaired) electrons. The first-order valence-corrected chi connectivity index (χ1v) is 8.93. The Morgan fingerprint density at radius 2 is 1.96 bits per heavy atom. The Balaban J connectivity index is 1.56. The standard InChI is InChI=1S/C20H20N4O4/c1-13-19(22-23-24(13)15-5-3-6-16(12-15)26-2)20(25)21-14-7-8-17-18(11-14)28-10-4-9-27-17/h3,5-8,11-12H,4,9-10H2,1-2H3,(H,21,25). The molecule has 0 saturated heterocycles. The number of nitrogens with zero attached hydrogens (tertiary/aromatic N) is 3. The summed E-state index contributed by atoms with van der Waals surface area (Å²) in [5.74, 6) is 1.65. The van der Waals surface area contributed by atoms with E-state index >= 15 is 0 Å². The van der Waals surface area contributed by atoms with Crippen molar-refractivity contribution in [1.29, 1.82) is 0 Å². The largest absolute Gasteiger partial charge is 0.497 e. The van der Waals surface area contributed by atoms with Crippen molar-refractivity contribution >= 4 is 11.6 Å². The van der Waals surface area contributed by atoms with Crippen LogP contribution in [0.4, 0.5) is 5.69 Å². The zero-order valence-electron chi connectivity index (χ0n) is 15.6. The van der Waals surface area contributed by atoms with E-state index in [1.165, 1.54) is 0 Å². The number of fused-ring (bicyclic) bond motifs is 1. The molecule has 1 N–H and O–H groups in total. The van der Waals surface area contributed by atoms with Crippen molar-refractivity contribution in [2.45, 2.75) is 13.3 Å². The molecule has 2 heterocycles. The zero-order valence-corrected chi connectivity index (χ0v) is 15.6. The van der Waals surface area contributed by atoms with Crippen LogP contribution in [0.2, 0.25) is 0 Å². The Morgan fingerprint density at radius 3 is 2.79 bits per heavy atom. The third-order valence-electron chi connectivity index (χ3n) is 4.41. The highest BCUT2D eigenvalue weighted by molar-refractivity contribution is 6.03. The van der Waals surface area contributed by atoms with E-state index < -0.39 is 0 Å². The Labute approximate surface area is 162 Å². The number of amides is 1. The lowest BCUT2D eigenvalue weighted by Gasteiger charge is -2.10. The van der Waals surface area contributed by atoms with Gasteiger partial charge in [0, 0.05) is 24.2 Å². The first-order chi connectivity index (χ1) is 13.7. The van der Waals surface area contributed by atoms with E-state index in [4.69, 9.17) is 14.2 Å². The van der Waals surface area contributed by atoms with Crippen LogP contribution in [0, 0.1) is 6.92 Å². The highest BCUT2D eigenvalue weighted by Crippen LogP contribution is 2.32. The number of rotatable bonds is 4. The van der Waals surface area contributed by atoms with E-state index in [9.17, 15) is 4.79 Å². The average Bonchev–Trinajstić information content (AvgIpc) is 2.95. The van der Waals surface area contributed by atoms with E-state index in [0.717, 1.165) is 12.1 Å². The molecule has 1 amide bonds. The van der Waals surface area contributed by atoms with Gasteiger partial charge in [-0.05, 0) is 31.2 Å². The number of anilines is 1. The predicted molar refractivity (Wildman–Crippen MR) is 103 cm³/mol. The summed E-state index contributed by atoms with van der Waals surface area (Å²) in [6.07, 6.45) is 0.822. The van der Waals surface area contributed by atoms with Crippen LogP contribution >= 0.6 is 0 Å². The van der Waals surface area contributed by atoms with Gasteiger partial charge in [0.05, 0.1) is 31.7 Å². The Hall–Kier alpha value is -3.55. The number of carbonyl (C=O) groups excluding carboxylic acids is 1. The summed E-state index contributed by atoms with van der Waals surface area (Å²) in [6.45, 7) is 2.99. The summed E-state index contributed by atoms with van der Waals surface area (Å²) >= 11 is 0. The molecule has 0 unspecified atom stereocenters. The summed E-state index contributed by atoms with van der Waals surface area (Å²) in [6, 6.07) is 12.7. The first kappa shape index (κ1) is 17.8. The SMILES string of the molecule is COc1cccc(-n2nnc(C(=O)Nc3ccc4c(c3)OCCCO4)c2C)c1. The fourth-order valence-corrected chi connectivity index (χ4v) is 2.96. The van der Waals surface area contributed by atoms with Gasteiger partial charge in [-0.1, -0.05) is 11.3 Å². The van der Waals surface area contributed by atoms with Crippen LogP contribution in [0.25, 0.3) is 5.69 Å². The molecule has 0 aliphatic carbocycles. The van der Waals surface area contributed by atoms with Crippen LogP contribution in [-0.2, 0) is 0 Å². The van der Waals surface area contributed by atoms with Crippen molar-refractivity contribution in [1.82, 2.24) is 15.0 Å². The van der Waals surface area contributed by atoms with Crippen molar-refractivity contribution < 1.29 is 19.0 Å². The number of nitrogens with one attached hydrogen (secondary N) is 1. The third kappa shape index (κ3) is 3.48. The fraction of sp³-hybridized carbons (Fsp3) is 0.250. The molecule has 2 aromatic carbocycles. The van der Waals surface area contributed by atoms with Crippen LogP contribution in [0.5, 0.6) is 17.2 Å². The van der Waals surface area contributed by atoms with E-state index in [1.54, 1.807) is 36.9 Å². The number of hydrogen-bond donors (Lipinski definition) is 1. The van der Waals surface area contributed by atoms with Crippen LogP contribution in [0.3, 0.4) is 0 Å². The molecule has 0 fully saturated rings. The molecular weight excluding hydrogens is 360 g/mol.